The molecule has 0 N–H and O–H groups in total. The smallest absolute Gasteiger partial charge is 0.247 e. The summed E-state index contributed by atoms with van der Waals surface area (Å²) in [5.74, 6) is -8.48. The van der Waals surface area contributed by atoms with Crippen molar-refractivity contribution in [3.63, 3.8) is 0 Å². The van der Waals surface area contributed by atoms with Crippen molar-refractivity contribution in [2.75, 3.05) is 6.67 Å². The van der Waals surface area contributed by atoms with E-state index in [1.54, 1.807) is 0 Å². The van der Waals surface area contributed by atoms with E-state index >= 15 is 0 Å². The zero-order chi connectivity index (χ0) is 12.4. The fraction of sp³-hybridized carbons (Fsp3) is 0.571. The molecule has 0 heterocycles. The molecule has 0 aromatic heterocycles. The van der Waals surface area contributed by atoms with Gasteiger partial charge in [-0.05, 0) is 6.92 Å². The van der Waals surface area contributed by atoms with Gasteiger partial charge in [0.05, 0.1) is 0 Å². The number of allylic oxidation sites excluding steroid dienone is 1. The maximum absolute atomic E-state index is 12.7. The lowest BCUT2D eigenvalue weighted by atomic mass is 9.97. The lowest BCUT2D eigenvalue weighted by molar-refractivity contribution is -0.141. The van der Waals surface area contributed by atoms with E-state index in [1.807, 2.05) is 0 Å². The molecule has 1 atom stereocenters. The fourth-order valence-corrected chi connectivity index (χ4v) is 0.534. The molecule has 0 fully saturated rings. The van der Waals surface area contributed by atoms with E-state index in [0.29, 0.717) is 0 Å². The third kappa shape index (κ3) is 2.60. The van der Waals surface area contributed by atoms with Gasteiger partial charge in [0, 0.05) is 0 Å². The average Bonchev–Trinajstić information content (AvgIpc) is 2.14. The molecule has 0 aliphatic rings. The number of hydrogen-bond acceptors (Lipinski definition) is 0. The molecule has 1 unspecified atom stereocenters. The molecule has 0 aromatic carbocycles. The molecule has 89 valence electrons. The van der Waals surface area contributed by atoms with Gasteiger partial charge in [0.15, 0.2) is 0 Å². The zero-order valence-corrected chi connectivity index (χ0v) is 7.23. The Morgan fingerprint density at radius 2 is 1.40 bits per heavy atom. The van der Waals surface area contributed by atoms with Gasteiger partial charge in [-0.3, -0.25) is 0 Å². The van der Waals surface area contributed by atoms with Crippen LogP contribution in [0.15, 0.2) is 11.9 Å². The normalized spacial score (nSPS) is 16.4. The van der Waals surface area contributed by atoms with Crippen LogP contribution in [0, 0.1) is 6.17 Å². The van der Waals surface area contributed by atoms with E-state index in [0.717, 1.165) is 0 Å². The summed E-state index contributed by atoms with van der Waals surface area (Å²) in [6, 6.07) is 0. The first-order valence-electron chi connectivity index (χ1n) is 3.44. The van der Waals surface area contributed by atoms with Gasteiger partial charge >= 0.3 is 12.0 Å². The zero-order valence-electron chi connectivity index (χ0n) is 7.23. The third-order valence-electron chi connectivity index (χ3n) is 1.54. The minimum Gasteiger partial charge on any atom is -0.247 e. The summed E-state index contributed by atoms with van der Waals surface area (Å²) >= 11 is 0. The van der Waals surface area contributed by atoms with Crippen molar-refractivity contribution in [1.82, 2.24) is 0 Å². The minimum absolute atomic E-state index is 0.0734. The van der Waals surface area contributed by atoms with Crippen LogP contribution < -0.4 is 0 Å². The maximum atomic E-state index is 12.7. The van der Waals surface area contributed by atoms with Crippen molar-refractivity contribution in [1.29, 1.82) is 0 Å². The van der Waals surface area contributed by atoms with Gasteiger partial charge < -0.3 is 0 Å². The topological polar surface area (TPSA) is 0 Å². The van der Waals surface area contributed by atoms with E-state index in [9.17, 15) is 35.1 Å². The Labute approximate surface area is 79.6 Å². The Morgan fingerprint density at radius 1 is 1.00 bits per heavy atom. The standard InChI is InChI=1S/C7H5F8/c1-6(13,2-8)7(14,15)4(10)3(9)5(11)12/h2H2,1H3. The molecule has 0 aromatic rings. The molecule has 0 saturated carbocycles. The summed E-state index contributed by atoms with van der Waals surface area (Å²) in [6.45, 7) is -2.43. The molecule has 0 saturated heterocycles. The highest BCUT2D eigenvalue weighted by molar-refractivity contribution is 5.22. The average molecular weight is 241 g/mol. The van der Waals surface area contributed by atoms with E-state index in [1.165, 1.54) is 0 Å². The summed E-state index contributed by atoms with van der Waals surface area (Å²) in [4.78, 5) is 0. The summed E-state index contributed by atoms with van der Waals surface area (Å²) in [5.41, 5.74) is -4.09. The second kappa shape index (κ2) is 4.36. The highest BCUT2D eigenvalue weighted by Crippen LogP contribution is 2.45. The van der Waals surface area contributed by atoms with Crippen molar-refractivity contribution in [3.8, 4) is 0 Å². The summed E-state index contributed by atoms with van der Waals surface area (Å²) in [5, 5.41) is 0. The highest BCUT2D eigenvalue weighted by atomic mass is 19.3. The Kier molecular flexibility index (Phi) is 4.12. The SMILES string of the molecule is CC(F)(CF)C(F)(F)[C](F)C(F)=C(F)F. The lowest BCUT2D eigenvalue weighted by Crippen LogP contribution is -2.47. The third-order valence-corrected chi connectivity index (χ3v) is 1.54. The molecule has 0 aliphatic carbocycles. The summed E-state index contributed by atoms with van der Waals surface area (Å²) in [7, 11) is 0. The molecule has 0 nitrogen and oxygen atoms in total. The number of alkyl halides is 4. The predicted molar refractivity (Wildman–Crippen MR) is 35.1 cm³/mol. The van der Waals surface area contributed by atoms with Gasteiger partial charge in [0.1, 0.15) is 6.67 Å². The first kappa shape index (κ1) is 14.2. The van der Waals surface area contributed by atoms with Crippen molar-refractivity contribution >= 4 is 0 Å². The predicted octanol–water partition coefficient (Wildman–Crippen LogP) is 3.90. The van der Waals surface area contributed by atoms with Gasteiger partial charge in [-0.25, -0.2) is 17.6 Å². The van der Waals surface area contributed by atoms with Gasteiger partial charge in [-0.15, -0.1) is 0 Å². The Balaban J connectivity index is 5.14. The van der Waals surface area contributed by atoms with Crippen LogP contribution in [0.4, 0.5) is 35.1 Å². The van der Waals surface area contributed by atoms with E-state index in [-0.39, 0.29) is 6.92 Å². The van der Waals surface area contributed by atoms with Crippen LogP contribution in [0.1, 0.15) is 6.92 Å². The van der Waals surface area contributed by atoms with Crippen LogP contribution in [0.2, 0.25) is 0 Å². The van der Waals surface area contributed by atoms with Crippen LogP contribution in [0.3, 0.4) is 0 Å². The molecule has 0 spiro atoms. The molecule has 15 heavy (non-hydrogen) atoms. The Hall–Kier alpha value is -0.820. The quantitative estimate of drug-likeness (QED) is 0.655. The van der Waals surface area contributed by atoms with Crippen LogP contribution in [0.25, 0.3) is 0 Å². The first-order valence-corrected chi connectivity index (χ1v) is 3.44. The molecular weight excluding hydrogens is 236 g/mol. The van der Waals surface area contributed by atoms with Crippen molar-refractivity contribution in [3.05, 3.63) is 18.1 Å². The molecule has 0 bridgehead atoms. The number of halogens is 8. The fourth-order valence-electron chi connectivity index (χ4n) is 0.534. The van der Waals surface area contributed by atoms with Gasteiger partial charge in [0.25, 0.3) is 6.17 Å². The van der Waals surface area contributed by atoms with Crippen LogP contribution in [0.5, 0.6) is 0 Å². The molecule has 0 rings (SSSR count). The van der Waals surface area contributed by atoms with Gasteiger partial charge in [0.2, 0.25) is 11.5 Å². The summed E-state index contributed by atoms with van der Waals surface area (Å²) in [6.07, 6.45) is -6.70. The molecule has 0 amide bonds. The number of hydrogen-bond donors (Lipinski definition) is 0. The van der Waals surface area contributed by atoms with Crippen LogP contribution in [-0.4, -0.2) is 18.3 Å². The second-order valence-electron chi connectivity index (χ2n) is 2.79. The molecule has 1 radical (unpaired) electrons. The van der Waals surface area contributed by atoms with Crippen molar-refractivity contribution in [2.45, 2.75) is 18.5 Å². The highest BCUT2D eigenvalue weighted by Gasteiger charge is 2.61. The largest absolute Gasteiger partial charge is 0.327 e. The maximum Gasteiger partial charge on any atom is 0.327 e. The monoisotopic (exact) mass is 241 g/mol. The molecule has 0 aliphatic heterocycles. The van der Waals surface area contributed by atoms with E-state index in [2.05, 4.69) is 0 Å². The lowest BCUT2D eigenvalue weighted by Gasteiger charge is -2.28. The van der Waals surface area contributed by atoms with E-state index in [4.69, 9.17) is 0 Å². The second-order valence-corrected chi connectivity index (χ2v) is 2.79. The van der Waals surface area contributed by atoms with Gasteiger partial charge in [-0.1, -0.05) is 0 Å². The van der Waals surface area contributed by atoms with Crippen molar-refractivity contribution in [2.24, 2.45) is 0 Å². The summed E-state index contributed by atoms with van der Waals surface area (Å²) < 4.78 is 96.7. The Morgan fingerprint density at radius 3 is 1.67 bits per heavy atom. The van der Waals surface area contributed by atoms with Gasteiger partial charge in [-0.2, -0.15) is 17.6 Å². The first-order chi connectivity index (χ1) is 6.58. The number of rotatable bonds is 4. The molecular formula is C7H5F8. The van der Waals surface area contributed by atoms with Crippen LogP contribution >= 0.6 is 0 Å². The Bertz CT molecular complexity index is 252. The van der Waals surface area contributed by atoms with Crippen molar-refractivity contribution < 1.29 is 35.1 Å². The van der Waals surface area contributed by atoms with Crippen LogP contribution in [-0.2, 0) is 0 Å². The minimum atomic E-state index is -5.30. The molecule has 8 heteroatoms. The van der Waals surface area contributed by atoms with E-state index < -0.39 is 36.3 Å².